The zero-order valence-electron chi connectivity index (χ0n) is 24.2. The molecular formula is C31H36ClN5O5. The van der Waals surface area contributed by atoms with Gasteiger partial charge in [-0.2, -0.15) is 0 Å². The molecule has 3 heterocycles. The molecule has 1 saturated carbocycles. The van der Waals surface area contributed by atoms with Gasteiger partial charge in [-0.25, -0.2) is 15.1 Å². The standard InChI is InChI=1S/C22H26O3.C9H10ClN5O2/c1-15(2)10-19-20(22(19,3)4)21(23)25-14-17-12-18(24-13-17)11-16-8-6-5-7-9-16;10-8-2-1-7(5-12-8)6-14-4-3-11-9(14)13-15(16)17/h5-10,12-13,19-20H,11,14H2,1-4H3;1-2,5H,3-4,6H2,(H,11,13). The van der Waals surface area contributed by atoms with Crippen LogP contribution in [-0.2, 0) is 29.1 Å². The lowest BCUT2D eigenvalue weighted by Crippen LogP contribution is -2.30. The molecule has 2 unspecified atom stereocenters. The first-order valence-electron chi connectivity index (χ1n) is 13.8. The lowest BCUT2D eigenvalue weighted by Gasteiger charge is -2.14. The number of nitro groups is 1. The summed E-state index contributed by atoms with van der Waals surface area (Å²) in [5.74, 6) is 1.29. The summed E-state index contributed by atoms with van der Waals surface area (Å²) in [6.07, 6.45) is 6.25. The van der Waals surface area contributed by atoms with E-state index in [-0.39, 0.29) is 35.8 Å². The average molecular weight is 594 g/mol. The van der Waals surface area contributed by atoms with Crippen molar-refractivity contribution in [3.8, 4) is 0 Å². The van der Waals surface area contributed by atoms with Gasteiger partial charge >= 0.3 is 5.97 Å². The number of hydrogen-bond donors (Lipinski definition) is 1. The number of nitrogens with zero attached hydrogens (tertiary/aromatic N) is 4. The summed E-state index contributed by atoms with van der Waals surface area (Å²) in [5.41, 5.74) is 4.26. The number of halogens is 1. The van der Waals surface area contributed by atoms with E-state index in [4.69, 9.17) is 20.8 Å². The van der Waals surface area contributed by atoms with Gasteiger partial charge in [0.1, 0.15) is 22.6 Å². The van der Waals surface area contributed by atoms with Crippen LogP contribution in [0.25, 0.3) is 0 Å². The number of pyridine rings is 1. The molecule has 0 radical (unpaired) electrons. The average Bonchev–Trinajstić information content (AvgIpc) is 3.29. The Bertz CT molecular complexity index is 1430. The summed E-state index contributed by atoms with van der Waals surface area (Å²) >= 11 is 5.68. The van der Waals surface area contributed by atoms with Gasteiger partial charge in [-0.05, 0) is 48.4 Å². The van der Waals surface area contributed by atoms with Gasteiger partial charge in [0.15, 0.2) is 5.03 Å². The molecule has 1 aliphatic carbocycles. The van der Waals surface area contributed by atoms with Crippen molar-refractivity contribution in [2.24, 2.45) is 22.4 Å². The maximum atomic E-state index is 12.4. The molecule has 2 atom stereocenters. The molecule has 11 heteroatoms. The highest BCUT2D eigenvalue weighted by Gasteiger charge is 2.61. The molecule has 0 bridgehead atoms. The van der Waals surface area contributed by atoms with E-state index >= 15 is 0 Å². The van der Waals surface area contributed by atoms with E-state index in [9.17, 15) is 14.9 Å². The Morgan fingerprint density at radius 2 is 2.00 bits per heavy atom. The molecule has 1 aromatic carbocycles. The summed E-state index contributed by atoms with van der Waals surface area (Å²) < 4.78 is 11.1. The van der Waals surface area contributed by atoms with Crippen LogP contribution >= 0.6 is 11.6 Å². The highest BCUT2D eigenvalue weighted by atomic mass is 35.5. The highest BCUT2D eigenvalue weighted by Crippen LogP contribution is 2.59. The van der Waals surface area contributed by atoms with E-state index in [2.05, 4.69) is 61.3 Å². The number of benzene rings is 1. The van der Waals surface area contributed by atoms with Gasteiger partial charge in [0.25, 0.3) is 5.96 Å². The minimum atomic E-state index is -0.708. The maximum Gasteiger partial charge on any atom is 0.310 e. The minimum Gasteiger partial charge on any atom is -0.469 e. The first-order chi connectivity index (χ1) is 20.0. The van der Waals surface area contributed by atoms with Crippen LogP contribution in [0.4, 0.5) is 0 Å². The van der Waals surface area contributed by atoms with Gasteiger partial charge in [-0.1, -0.05) is 73.5 Å². The van der Waals surface area contributed by atoms with Crippen molar-refractivity contribution in [1.82, 2.24) is 15.2 Å². The van der Waals surface area contributed by atoms with Crippen LogP contribution in [0.1, 0.15) is 50.1 Å². The maximum absolute atomic E-state index is 12.4. The number of hydrazone groups is 1. The molecule has 0 amide bonds. The number of ether oxygens (including phenoxy) is 1. The predicted octanol–water partition coefficient (Wildman–Crippen LogP) is 5.84. The number of aromatic nitrogens is 1. The topological polar surface area (TPSA) is 123 Å². The first kappa shape index (κ1) is 30.8. The molecule has 10 nitrogen and oxygen atoms in total. The van der Waals surface area contributed by atoms with Crippen LogP contribution in [0.3, 0.4) is 0 Å². The van der Waals surface area contributed by atoms with Crippen LogP contribution < -0.4 is 5.32 Å². The number of nitrogens with one attached hydrogen (secondary N) is 1. The molecule has 1 N–H and O–H groups in total. The van der Waals surface area contributed by atoms with Gasteiger partial charge < -0.3 is 19.4 Å². The Morgan fingerprint density at radius 3 is 2.67 bits per heavy atom. The molecule has 0 spiro atoms. The zero-order valence-corrected chi connectivity index (χ0v) is 25.0. The number of guanidine groups is 1. The number of rotatable bonds is 9. The normalized spacial score (nSPS) is 19.4. The van der Waals surface area contributed by atoms with E-state index in [1.807, 2.05) is 30.3 Å². The lowest BCUT2D eigenvalue weighted by molar-refractivity contribution is -0.485. The van der Waals surface area contributed by atoms with Gasteiger partial charge in [0.05, 0.1) is 12.2 Å². The quantitative estimate of drug-likeness (QED) is 0.108. The molecular weight excluding hydrogens is 558 g/mol. The van der Waals surface area contributed by atoms with Crippen molar-refractivity contribution >= 4 is 23.5 Å². The SMILES string of the molecule is CC(C)=CC1C(C(=O)OCc2coc(Cc3ccccc3)c2)C1(C)C.O=[N+]([O-])/N=C1\NCCN1Cc1ccc(Cl)nc1. The number of allylic oxidation sites excluding steroid dienone is 2. The fraction of sp³-hybridized carbons (Fsp3) is 0.387. The van der Waals surface area contributed by atoms with Crippen molar-refractivity contribution < 1.29 is 19.0 Å². The Kier molecular flexibility index (Phi) is 10.0. The summed E-state index contributed by atoms with van der Waals surface area (Å²) in [7, 11) is 0. The van der Waals surface area contributed by atoms with Crippen molar-refractivity contribution in [2.45, 2.75) is 47.3 Å². The molecule has 2 fully saturated rings. The van der Waals surface area contributed by atoms with E-state index in [1.54, 1.807) is 23.4 Å². The van der Waals surface area contributed by atoms with Crippen LogP contribution in [0, 0.1) is 27.4 Å². The summed E-state index contributed by atoms with van der Waals surface area (Å²) in [5, 5.41) is 16.2. The summed E-state index contributed by atoms with van der Waals surface area (Å²) in [4.78, 5) is 28.5. The number of carbonyl (C=O) groups is 1. The third kappa shape index (κ3) is 8.42. The van der Waals surface area contributed by atoms with Crippen LogP contribution in [0.15, 0.2) is 82.2 Å². The molecule has 2 aromatic heterocycles. The third-order valence-electron chi connectivity index (χ3n) is 7.29. The van der Waals surface area contributed by atoms with E-state index in [1.165, 1.54) is 11.1 Å². The lowest BCUT2D eigenvalue weighted by atomic mass is 10.1. The van der Waals surface area contributed by atoms with Gasteiger partial charge in [0.2, 0.25) is 0 Å². The van der Waals surface area contributed by atoms with Crippen LogP contribution in [0.5, 0.6) is 0 Å². The van der Waals surface area contributed by atoms with E-state index in [0.29, 0.717) is 24.8 Å². The molecule has 1 aliphatic heterocycles. The highest BCUT2D eigenvalue weighted by molar-refractivity contribution is 6.29. The predicted molar refractivity (Wildman–Crippen MR) is 160 cm³/mol. The second-order valence-corrected chi connectivity index (χ2v) is 11.6. The zero-order chi connectivity index (χ0) is 30.3. The van der Waals surface area contributed by atoms with Crippen molar-refractivity contribution in [1.29, 1.82) is 0 Å². The number of furan rings is 1. The Labute approximate surface area is 250 Å². The fourth-order valence-electron chi connectivity index (χ4n) is 5.00. The van der Waals surface area contributed by atoms with E-state index < -0.39 is 5.03 Å². The monoisotopic (exact) mass is 593 g/mol. The fourth-order valence-corrected chi connectivity index (χ4v) is 5.12. The summed E-state index contributed by atoms with van der Waals surface area (Å²) in [6.45, 7) is 10.5. The van der Waals surface area contributed by atoms with Gasteiger partial charge in [-0.15, -0.1) is 0 Å². The second-order valence-electron chi connectivity index (χ2n) is 11.3. The summed E-state index contributed by atoms with van der Waals surface area (Å²) in [6, 6.07) is 15.6. The molecule has 5 rings (SSSR count). The van der Waals surface area contributed by atoms with Crippen LogP contribution in [0.2, 0.25) is 5.15 Å². The molecule has 1 saturated heterocycles. The Balaban J connectivity index is 0.000000208. The first-order valence-corrected chi connectivity index (χ1v) is 14.1. The molecule has 222 valence electrons. The number of esters is 1. The van der Waals surface area contributed by atoms with Crippen molar-refractivity contribution in [3.05, 3.63) is 110 Å². The Morgan fingerprint density at radius 1 is 1.24 bits per heavy atom. The Hall–Kier alpha value is -4.18. The number of hydrogen-bond acceptors (Lipinski definition) is 6. The van der Waals surface area contributed by atoms with E-state index in [0.717, 1.165) is 23.3 Å². The van der Waals surface area contributed by atoms with Crippen molar-refractivity contribution in [3.63, 3.8) is 0 Å². The second kappa shape index (κ2) is 13.7. The molecule has 42 heavy (non-hydrogen) atoms. The van der Waals surface area contributed by atoms with Gasteiger partial charge in [0, 0.05) is 37.8 Å². The van der Waals surface area contributed by atoms with Crippen LogP contribution in [-0.4, -0.2) is 39.9 Å². The van der Waals surface area contributed by atoms with Crippen molar-refractivity contribution in [2.75, 3.05) is 13.1 Å². The largest absolute Gasteiger partial charge is 0.469 e. The molecule has 2 aliphatic rings. The smallest absolute Gasteiger partial charge is 0.310 e. The van der Waals surface area contributed by atoms with Gasteiger partial charge in [-0.3, -0.25) is 4.79 Å². The molecule has 3 aromatic rings. The number of carbonyl (C=O) groups excluding carboxylic acids is 1. The minimum absolute atomic E-state index is 0.0107. The third-order valence-corrected chi connectivity index (χ3v) is 7.51.